The molecule has 3 amide bonds. The molecule has 0 aromatic heterocycles. The molecule has 0 radical (unpaired) electrons. The number of ether oxygens (including phenoxy) is 2. The lowest BCUT2D eigenvalue weighted by Crippen LogP contribution is -2.37. The number of fused-ring (bicyclic) bond motifs is 1. The summed E-state index contributed by atoms with van der Waals surface area (Å²) in [5.41, 5.74) is 3.09. The fourth-order valence-electron chi connectivity index (χ4n) is 4.79. The van der Waals surface area contributed by atoms with Gasteiger partial charge in [0.15, 0.2) is 0 Å². The van der Waals surface area contributed by atoms with Crippen LogP contribution < -0.4 is 4.74 Å². The van der Waals surface area contributed by atoms with Crippen LogP contribution in [-0.2, 0) is 17.8 Å². The number of amides is 3. The zero-order chi connectivity index (χ0) is 25.1. The van der Waals surface area contributed by atoms with Gasteiger partial charge >= 0.3 is 0 Å². The van der Waals surface area contributed by atoms with E-state index in [1.165, 1.54) is 4.90 Å². The van der Waals surface area contributed by atoms with Crippen molar-refractivity contribution in [1.29, 1.82) is 0 Å². The molecule has 36 heavy (non-hydrogen) atoms. The molecule has 5 rings (SSSR count). The zero-order valence-corrected chi connectivity index (χ0v) is 20.2. The molecular formula is C29H28N2O5. The first-order chi connectivity index (χ1) is 17.5. The van der Waals surface area contributed by atoms with Gasteiger partial charge in [-0.05, 0) is 48.7 Å². The molecule has 0 saturated carbocycles. The molecule has 0 bridgehead atoms. The quantitative estimate of drug-likeness (QED) is 0.446. The van der Waals surface area contributed by atoms with Crippen molar-refractivity contribution in [3.05, 3.63) is 101 Å². The molecule has 0 aliphatic carbocycles. The van der Waals surface area contributed by atoms with Gasteiger partial charge in [0, 0.05) is 30.8 Å². The Balaban J connectivity index is 1.32. The highest BCUT2D eigenvalue weighted by Crippen LogP contribution is 2.25. The third kappa shape index (κ3) is 4.75. The first-order valence-electron chi connectivity index (χ1n) is 12.1. The fraction of sp³-hybridized carbons (Fsp3) is 0.276. The third-order valence-corrected chi connectivity index (χ3v) is 6.71. The van der Waals surface area contributed by atoms with Crippen LogP contribution in [0.5, 0.6) is 5.75 Å². The molecule has 3 aromatic carbocycles. The summed E-state index contributed by atoms with van der Waals surface area (Å²) in [6, 6.07) is 21.6. The first kappa shape index (κ1) is 23.8. The molecule has 7 nitrogen and oxygen atoms in total. The predicted octanol–water partition coefficient (Wildman–Crippen LogP) is 4.31. The van der Waals surface area contributed by atoms with Crippen molar-refractivity contribution in [2.45, 2.75) is 32.0 Å². The molecule has 2 heterocycles. The van der Waals surface area contributed by atoms with E-state index >= 15 is 0 Å². The Kier molecular flexibility index (Phi) is 6.82. The van der Waals surface area contributed by atoms with Crippen LogP contribution in [-0.4, -0.2) is 53.9 Å². The average molecular weight is 485 g/mol. The molecule has 0 N–H and O–H groups in total. The summed E-state index contributed by atoms with van der Waals surface area (Å²) in [5, 5.41) is 0. The molecule has 0 spiro atoms. The predicted molar refractivity (Wildman–Crippen MR) is 134 cm³/mol. The van der Waals surface area contributed by atoms with Crippen LogP contribution in [0.1, 0.15) is 55.0 Å². The summed E-state index contributed by atoms with van der Waals surface area (Å²) in [4.78, 5) is 42.0. The minimum atomic E-state index is -0.296. The van der Waals surface area contributed by atoms with Crippen LogP contribution in [0.3, 0.4) is 0 Å². The number of rotatable bonds is 8. The van der Waals surface area contributed by atoms with Crippen LogP contribution >= 0.6 is 0 Å². The summed E-state index contributed by atoms with van der Waals surface area (Å²) in [6.07, 6.45) is 1.93. The highest BCUT2D eigenvalue weighted by molar-refractivity contribution is 6.21. The molecule has 1 unspecified atom stereocenters. The largest absolute Gasteiger partial charge is 0.496 e. The van der Waals surface area contributed by atoms with Crippen molar-refractivity contribution in [1.82, 2.24) is 9.80 Å². The second kappa shape index (κ2) is 10.3. The zero-order valence-electron chi connectivity index (χ0n) is 20.2. The summed E-state index contributed by atoms with van der Waals surface area (Å²) in [5.74, 6) is 0.0354. The normalized spacial score (nSPS) is 16.8. The second-order valence-electron chi connectivity index (χ2n) is 9.07. The molecule has 2 aliphatic rings. The van der Waals surface area contributed by atoms with Crippen LogP contribution in [0.4, 0.5) is 0 Å². The molecule has 1 atom stereocenters. The Morgan fingerprint density at radius 2 is 1.64 bits per heavy atom. The van der Waals surface area contributed by atoms with E-state index in [1.54, 1.807) is 60.5 Å². The molecule has 1 saturated heterocycles. The summed E-state index contributed by atoms with van der Waals surface area (Å²) >= 11 is 0. The van der Waals surface area contributed by atoms with E-state index in [4.69, 9.17) is 9.47 Å². The lowest BCUT2D eigenvalue weighted by atomic mass is 10.1. The van der Waals surface area contributed by atoms with Gasteiger partial charge in [0.05, 0.1) is 30.9 Å². The maximum absolute atomic E-state index is 13.6. The number of hydrogen-bond acceptors (Lipinski definition) is 5. The smallest absolute Gasteiger partial charge is 0.261 e. The van der Waals surface area contributed by atoms with E-state index in [-0.39, 0.29) is 30.4 Å². The van der Waals surface area contributed by atoms with Crippen molar-refractivity contribution in [2.24, 2.45) is 0 Å². The van der Waals surface area contributed by atoms with Crippen LogP contribution in [0.25, 0.3) is 0 Å². The van der Waals surface area contributed by atoms with Crippen LogP contribution in [0.2, 0.25) is 0 Å². The van der Waals surface area contributed by atoms with Crippen LogP contribution in [0, 0.1) is 0 Å². The van der Waals surface area contributed by atoms with Crippen LogP contribution in [0.15, 0.2) is 72.8 Å². The Bertz CT molecular complexity index is 1250. The Hall–Kier alpha value is -3.97. The minimum absolute atomic E-state index is 0.0109. The lowest BCUT2D eigenvalue weighted by molar-refractivity contribution is 0.0505. The van der Waals surface area contributed by atoms with Gasteiger partial charge in [-0.3, -0.25) is 19.3 Å². The Morgan fingerprint density at radius 3 is 2.28 bits per heavy atom. The number of para-hydroxylation sites is 1. The highest BCUT2D eigenvalue weighted by atomic mass is 16.5. The summed E-state index contributed by atoms with van der Waals surface area (Å²) in [7, 11) is 1.62. The number of hydrogen-bond donors (Lipinski definition) is 0. The molecule has 3 aromatic rings. The standard InChI is InChI=1S/C29H28N2O5/c1-35-26-11-5-2-7-22(26)18-30(19-23-8-6-16-36-23)27(32)21-14-12-20(13-15-21)17-31-28(33)24-9-3-4-10-25(24)29(31)34/h2-5,7,9-15,23H,6,8,16-19H2,1H3. The van der Waals surface area contributed by atoms with Crippen molar-refractivity contribution >= 4 is 17.7 Å². The van der Waals surface area contributed by atoms with Gasteiger partial charge in [-0.25, -0.2) is 0 Å². The van der Waals surface area contributed by atoms with E-state index in [0.29, 0.717) is 36.4 Å². The van der Waals surface area contributed by atoms with Gasteiger partial charge in [-0.1, -0.05) is 42.5 Å². The van der Waals surface area contributed by atoms with Gasteiger partial charge in [0.2, 0.25) is 0 Å². The number of imide groups is 1. The van der Waals surface area contributed by atoms with Crippen molar-refractivity contribution in [3.8, 4) is 5.75 Å². The van der Waals surface area contributed by atoms with E-state index in [0.717, 1.165) is 29.7 Å². The Morgan fingerprint density at radius 1 is 0.972 bits per heavy atom. The molecule has 2 aliphatic heterocycles. The van der Waals surface area contributed by atoms with Gasteiger partial charge in [-0.15, -0.1) is 0 Å². The lowest BCUT2D eigenvalue weighted by Gasteiger charge is -2.26. The number of carbonyl (C=O) groups is 3. The molecule has 7 heteroatoms. The highest BCUT2D eigenvalue weighted by Gasteiger charge is 2.35. The number of benzene rings is 3. The fourth-order valence-corrected chi connectivity index (χ4v) is 4.79. The number of carbonyl (C=O) groups excluding carboxylic acids is 3. The van der Waals surface area contributed by atoms with Crippen molar-refractivity contribution < 1.29 is 23.9 Å². The maximum Gasteiger partial charge on any atom is 0.261 e. The Labute approximate surface area is 210 Å². The van der Waals surface area contributed by atoms with E-state index in [2.05, 4.69) is 0 Å². The van der Waals surface area contributed by atoms with E-state index in [9.17, 15) is 14.4 Å². The number of nitrogens with zero attached hydrogens (tertiary/aromatic N) is 2. The maximum atomic E-state index is 13.6. The van der Waals surface area contributed by atoms with E-state index in [1.807, 2.05) is 24.3 Å². The SMILES string of the molecule is COc1ccccc1CN(CC1CCCO1)C(=O)c1ccc(CN2C(=O)c3ccccc3C2=O)cc1. The van der Waals surface area contributed by atoms with Crippen molar-refractivity contribution in [2.75, 3.05) is 20.3 Å². The first-order valence-corrected chi connectivity index (χ1v) is 12.1. The summed E-state index contributed by atoms with van der Waals surface area (Å²) < 4.78 is 11.3. The van der Waals surface area contributed by atoms with Gasteiger partial charge in [-0.2, -0.15) is 0 Å². The van der Waals surface area contributed by atoms with Crippen molar-refractivity contribution in [3.63, 3.8) is 0 Å². The second-order valence-corrected chi connectivity index (χ2v) is 9.07. The average Bonchev–Trinajstić information content (AvgIpc) is 3.51. The van der Waals surface area contributed by atoms with Gasteiger partial charge < -0.3 is 14.4 Å². The number of methoxy groups -OCH3 is 1. The molecular weight excluding hydrogens is 456 g/mol. The summed E-state index contributed by atoms with van der Waals surface area (Å²) in [6.45, 7) is 1.77. The minimum Gasteiger partial charge on any atom is -0.496 e. The topological polar surface area (TPSA) is 76.2 Å². The molecule has 1 fully saturated rings. The third-order valence-electron chi connectivity index (χ3n) is 6.71. The molecule has 184 valence electrons. The van der Waals surface area contributed by atoms with E-state index < -0.39 is 0 Å². The van der Waals surface area contributed by atoms with Gasteiger partial charge in [0.1, 0.15) is 5.75 Å². The van der Waals surface area contributed by atoms with Gasteiger partial charge in [0.25, 0.3) is 17.7 Å². The monoisotopic (exact) mass is 484 g/mol.